The number of imide groups is 1. The van der Waals surface area contributed by atoms with Crippen molar-refractivity contribution in [2.24, 2.45) is 0 Å². The third-order valence-corrected chi connectivity index (χ3v) is 2.35. The number of hydrogen-bond acceptors (Lipinski definition) is 5. The van der Waals surface area contributed by atoms with Crippen LogP contribution in [0.25, 0.3) is 0 Å². The predicted octanol–water partition coefficient (Wildman–Crippen LogP) is 0.106. The molecule has 0 bridgehead atoms. The molecule has 0 aromatic carbocycles. The molecule has 0 aliphatic heterocycles. The minimum absolute atomic E-state index is 0.0330. The number of hydrogen-bond donors (Lipinski definition) is 2. The Labute approximate surface area is 113 Å². The number of nitrogens with zero attached hydrogens (tertiary/aromatic N) is 1. The first-order valence-electron chi connectivity index (χ1n) is 6.28. The zero-order valence-electron chi connectivity index (χ0n) is 12.0. The molecule has 3 amide bonds. The van der Waals surface area contributed by atoms with Gasteiger partial charge in [0.25, 0.3) is 0 Å². The van der Waals surface area contributed by atoms with Crippen molar-refractivity contribution in [2.75, 3.05) is 26.7 Å². The van der Waals surface area contributed by atoms with Crippen LogP contribution in [0.1, 0.15) is 27.2 Å². The van der Waals surface area contributed by atoms with E-state index in [1.807, 2.05) is 6.92 Å². The molecular weight excluding hydrogens is 250 g/mol. The second-order valence-electron chi connectivity index (χ2n) is 4.37. The Hall–Kier alpha value is -1.63. The summed E-state index contributed by atoms with van der Waals surface area (Å²) < 4.78 is 4.53. The van der Waals surface area contributed by atoms with Gasteiger partial charge in [0.2, 0.25) is 5.91 Å². The largest absolute Gasteiger partial charge is 0.469 e. The molecule has 2 N–H and O–H groups in total. The molecule has 0 aliphatic rings. The molecule has 0 radical (unpaired) electrons. The molecule has 0 saturated heterocycles. The van der Waals surface area contributed by atoms with Gasteiger partial charge < -0.3 is 10.1 Å². The number of ether oxygens (including phenoxy) is 1. The number of methoxy groups -OCH3 is 1. The van der Waals surface area contributed by atoms with Crippen LogP contribution in [0.2, 0.25) is 0 Å². The molecule has 0 aliphatic carbocycles. The topological polar surface area (TPSA) is 87.7 Å². The van der Waals surface area contributed by atoms with Gasteiger partial charge in [0, 0.05) is 12.6 Å². The fourth-order valence-corrected chi connectivity index (χ4v) is 1.37. The van der Waals surface area contributed by atoms with Crippen LogP contribution in [0.5, 0.6) is 0 Å². The summed E-state index contributed by atoms with van der Waals surface area (Å²) in [4.78, 5) is 35.7. The van der Waals surface area contributed by atoms with Crippen LogP contribution in [0, 0.1) is 0 Å². The van der Waals surface area contributed by atoms with Crippen LogP contribution in [0.15, 0.2) is 0 Å². The Balaban J connectivity index is 4.06. The van der Waals surface area contributed by atoms with Gasteiger partial charge >= 0.3 is 12.0 Å². The fraction of sp³-hybridized carbons (Fsp3) is 0.750. The average Bonchev–Trinajstić information content (AvgIpc) is 2.32. The molecule has 110 valence electrons. The molecule has 7 heteroatoms. The van der Waals surface area contributed by atoms with E-state index in [0.29, 0.717) is 13.1 Å². The summed E-state index contributed by atoms with van der Waals surface area (Å²) in [5.74, 6) is -0.721. The van der Waals surface area contributed by atoms with Crippen molar-refractivity contribution in [2.45, 2.75) is 33.2 Å². The van der Waals surface area contributed by atoms with Crippen LogP contribution < -0.4 is 10.6 Å². The minimum atomic E-state index is -0.510. The molecule has 0 heterocycles. The molecule has 0 fully saturated rings. The zero-order valence-corrected chi connectivity index (χ0v) is 12.0. The average molecular weight is 273 g/mol. The second kappa shape index (κ2) is 9.32. The van der Waals surface area contributed by atoms with E-state index >= 15 is 0 Å². The van der Waals surface area contributed by atoms with Crippen molar-refractivity contribution < 1.29 is 19.1 Å². The summed E-state index contributed by atoms with van der Waals surface area (Å²) >= 11 is 0. The van der Waals surface area contributed by atoms with E-state index in [-0.39, 0.29) is 25.0 Å². The molecule has 0 aromatic rings. The Morgan fingerprint density at radius 3 is 2.37 bits per heavy atom. The van der Waals surface area contributed by atoms with Gasteiger partial charge in [-0.15, -0.1) is 0 Å². The van der Waals surface area contributed by atoms with E-state index in [1.165, 1.54) is 7.11 Å². The monoisotopic (exact) mass is 273 g/mol. The summed E-state index contributed by atoms with van der Waals surface area (Å²) in [6, 6.07) is -0.543. The number of urea groups is 1. The van der Waals surface area contributed by atoms with Gasteiger partial charge in [-0.25, -0.2) is 4.79 Å². The SMILES string of the molecule is CCN(CCC(=O)OC)CC(=O)NC(=O)NC(C)C. The van der Waals surface area contributed by atoms with Crippen molar-refractivity contribution >= 4 is 17.9 Å². The maximum atomic E-state index is 11.6. The third kappa shape index (κ3) is 9.01. The van der Waals surface area contributed by atoms with Crippen molar-refractivity contribution in [3.63, 3.8) is 0 Å². The van der Waals surface area contributed by atoms with Crippen LogP contribution in [-0.4, -0.2) is 55.6 Å². The van der Waals surface area contributed by atoms with Gasteiger partial charge in [0.1, 0.15) is 0 Å². The number of likely N-dealkylation sites (N-methyl/N-ethyl adjacent to an activating group) is 1. The van der Waals surface area contributed by atoms with Gasteiger partial charge in [-0.3, -0.25) is 19.8 Å². The van der Waals surface area contributed by atoms with Crippen LogP contribution in [0.3, 0.4) is 0 Å². The standard InChI is InChI=1S/C12H23N3O4/c1-5-15(7-6-11(17)19-4)8-10(16)14-12(18)13-9(2)3/h9H,5-8H2,1-4H3,(H2,13,14,16,18). The highest BCUT2D eigenvalue weighted by atomic mass is 16.5. The maximum absolute atomic E-state index is 11.6. The quantitative estimate of drug-likeness (QED) is 0.643. The first-order valence-corrected chi connectivity index (χ1v) is 6.28. The first-order chi connectivity index (χ1) is 8.88. The summed E-state index contributed by atoms with van der Waals surface area (Å²) in [5, 5.41) is 4.79. The van der Waals surface area contributed by atoms with E-state index in [1.54, 1.807) is 18.7 Å². The second-order valence-corrected chi connectivity index (χ2v) is 4.37. The van der Waals surface area contributed by atoms with Crippen LogP contribution >= 0.6 is 0 Å². The van der Waals surface area contributed by atoms with Crippen molar-refractivity contribution in [3.8, 4) is 0 Å². The van der Waals surface area contributed by atoms with Crippen LogP contribution in [-0.2, 0) is 14.3 Å². The molecule has 0 unspecified atom stereocenters. The van der Waals surface area contributed by atoms with Gasteiger partial charge in [-0.1, -0.05) is 6.92 Å². The molecule has 0 aromatic heterocycles. The number of carbonyl (C=O) groups is 3. The van der Waals surface area contributed by atoms with E-state index in [9.17, 15) is 14.4 Å². The highest BCUT2D eigenvalue weighted by molar-refractivity contribution is 5.95. The third-order valence-electron chi connectivity index (χ3n) is 2.35. The van der Waals surface area contributed by atoms with Crippen LogP contribution in [0.4, 0.5) is 4.79 Å². The van der Waals surface area contributed by atoms with E-state index in [2.05, 4.69) is 15.4 Å². The smallest absolute Gasteiger partial charge is 0.321 e. The summed E-state index contributed by atoms with van der Waals surface area (Å²) in [5.41, 5.74) is 0. The molecule has 0 rings (SSSR count). The number of carbonyl (C=O) groups excluding carboxylic acids is 3. The van der Waals surface area contributed by atoms with Gasteiger partial charge in [0.15, 0.2) is 0 Å². The molecule has 0 spiro atoms. The lowest BCUT2D eigenvalue weighted by atomic mass is 10.3. The first kappa shape index (κ1) is 17.4. The molecule has 19 heavy (non-hydrogen) atoms. The van der Waals surface area contributed by atoms with E-state index in [0.717, 1.165) is 0 Å². The minimum Gasteiger partial charge on any atom is -0.469 e. The summed E-state index contributed by atoms with van der Waals surface area (Å²) in [7, 11) is 1.32. The van der Waals surface area contributed by atoms with E-state index < -0.39 is 11.9 Å². The normalized spacial score (nSPS) is 10.4. The summed E-state index contributed by atoms with van der Waals surface area (Å²) in [6.45, 7) is 6.58. The zero-order chi connectivity index (χ0) is 14.8. The lowest BCUT2D eigenvalue weighted by Crippen LogP contribution is -2.46. The summed E-state index contributed by atoms with van der Waals surface area (Å²) in [6.07, 6.45) is 0.218. The number of esters is 1. The number of amides is 3. The molecule has 7 nitrogen and oxygen atoms in total. The Morgan fingerprint density at radius 1 is 1.26 bits per heavy atom. The number of rotatable bonds is 7. The van der Waals surface area contributed by atoms with E-state index in [4.69, 9.17) is 0 Å². The Kier molecular flexibility index (Phi) is 8.52. The predicted molar refractivity (Wildman–Crippen MR) is 70.6 cm³/mol. The van der Waals surface area contributed by atoms with Crippen molar-refractivity contribution in [1.29, 1.82) is 0 Å². The highest BCUT2D eigenvalue weighted by Gasteiger charge is 2.13. The Morgan fingerprint density at radius 2 is 1.89 bits per heavy atom. The highest BCUT2D eigenvalue weighted by Crippen LogP contribution is 1.93. The van der Waals surface area contributed by atoms with Gasteiger partial charge in [-0.05, 0) is 20.4 Å². The maximum Gasteiger partial charge on any atom is 0.321 e. The van der Waals surface area contributed by atoms with Crippen molar-refractivity contribution in [1.82, 2.24) is 15.5 Å². The fourth-order valence-electron chi connectivity index (χ4n) is 1.37. The number of nitrogens with one attached hydrogen (secondary N) is 2. The van der Waals surface area contributed by atoms with Crippen molar-refractivity contribution in [3.05, 3.63) is 0 Å². The molecule has 0 atom stereocenters. The van der Waals surface area contributed by atoms with Gasteiger partial charge in [0.05, 0.1) is 20.1 Å². The van der Waals surface area contributed by atoms with Gasteiger partial charge in [-0.2, -0.15) is 0 Å². The molecule has 0 saturated carbocycles. The lowest BCUT2D eigenvalue weighted by molar-refractivity contribution is -0.141. The lowest BCUT2D eigenvalue weighted by Gasteiger charge is -2.19. The Bertz CT molecular complexity index is 318. The molecular formula is C12H23N3O4.